The first-order valence-corrected chi connectivity index (χ1v) is 12.7. The van der Waals surface area contributed by atoms with Crippen molar-refractivity contribution in [1.82, 2.24) is 15.2 Å². The second-order valence-corrected chi connectivity index (χ2v) is 10.1. The van der Waals surface area contributed by atoms with Gasteiger partial charge in [-0.05, 0) is 23.6 Å². The van der Waals surface area contributed by atoms with Gasteiger partial charge in [0.15, 0.2) is 24.7 Å². The van der Waals surface area contributed by atoms with Crippen molar-refractivity contribution in [2.45, 2.75) is 18.0 Å². The van der Waals surface area contributed by atoms with E-state index in [9.17, 15) is 19.5 Å². The van der Waals surface area contributed by atoms with E-state index in [1.165, 1.54) is 23.8 Å². The number of nitrogens with two attached hydrogens (primary N) is 1. The van der Waals surface area contributed by atoms with Crippen LogP contribution in [0.5, 0.6) is 0 Å². The van der Waals surface area contributed by atoms with Crippen molar-refractivity contribution in [3.63, 3.8) is 0 Å². The SMILES string of the molecule is CON=C(C(=O)NC1C(=O)N2C(C(=O)O)=C(C[n+]3ccc4ccsc4c3)CS[C@@H]12)c1cccc(N)n1. The number of fused-ring (bicyclic) bond motifs is 2. The van der Waals surface area contributed by atoms with Gasteiger partial charge in [-0.2, -0.15) is 4.57 Å². The molecule has 184 valence electrons. The maximum Gasteiger partial charge on any atom is 0.352 e. The molecule has 5 rings (SSSR count). The Morgan fingerprint density at radius 1 is 1.36 bits per heavy atom. The predicted molar refractivity (Wildman–Crippen MR) is 134 cm³/mol. The zero-order valence-electron chi connectivity index (χ0n) is 19.0. The number of nitrogen functional groups attached to an aromatic ring is 1. The van der Waals surface area contributed by atoms with E-state index < -0.39 is 29.2 Å². The molecule has 5 heterocycles. The molecule has 4 N–H and O–H groups in total. The highest BCUT2D eigenvalue weighted by Crippen LogP contribution is 2.40. The Balaban J connectivity index is 1.36. The molecule has 13 heteroatoms. The lowest BCUT2D eigenvalue weighted by molar-refractivity contribution is -0.687. The summed E-state index contributed by atoms with van der Waals surface area (Å²) in [7, 11) is 1.28. The Bertz CT molecular complexity index is 1450. The number of carbonyl (C=O) groups excluding carboxylic acids is 2. The summed E-state index contributed by atoms with van der Waals surface area (Å²) in [5, 5.41) is 18.9. The number of rotatable bonds is 7. The Morgan fingerprint density at radius 3 is 2.94 bits per heavy atom. The number of carboxylic acid groups (broad SMARTS) is 1. The summed E-state index contributed by atoms with van der Waals surface area (Å²) >= 11 is 3.00. The van der Waals surface area contributed by atoms with E-state index in [0.717, 1.165) is 10.1 Å². The van der Waals surface area contributed by atoms with Crippen LogP contribution in [-0.2, 0) is 25.8 Å². The number of hydrogen-bond donors (Lipinski definition) is 3. The van der Waals surface area contributed by atoms with Gasteiger partial charge in [0.25, 0.3) is 11.8 Å². The molecule has 2 aliphatic rings. The third-order valence-electron chi connectivity index (χ3n) is 5.78. The molecule has 0 radical (unpaired) electrons. The van der Waals surface area contributed by atoms with Gasteiger partial charge in [0.2, 0.25) is 0 Å². The molecule has 11 nitrogen and oxygen atoms in total. The van der Waals surface area contributed by atoms with E-state index in [0.29, 0.717) is 17.9 Å². The Kier molecular flexibility index (Phi) is 6.33. The number of aromatic nitrogens is 2. The molecule has 3 aromatic rings. The average Bonchev–Trinajstić information content (AvgIpc) is 3.33. The number of nitrogens with one attached hydrogen (secondary N) is 1. The van der Waals surface area contributed by atoms with Crippen LogP contribution in [0.1, 0.15) is 5.69 Å². The Hall–Kier alpha value is -3.97. The minimum Gasteiger partial charge on any atom is -0.477 e. The van der Waals surface area contributed by atoms with Crippen LogP contribution in [0.2, 0.25) is 0 Å². The fraction of sp³-hybridized carbons (Fsp3) is 0.217. The number of β-lactam (4-membered cyclic amide) rings is 1. The van der Waals surface area contributed by atoms with Crippen LogP contribution in [0.15, 0.2) is 64.5 Å². The van der Waals surface area contributed by atoms with Crippen LogP contribution in [0.3, 0.4) is 0 Å². The first-order chi connectivity index (χ1) is 17.4. The van der Waals surface area contributed by atoms with Gasteiger partial charge in [-0.25, -0.2) is 9.78 Å². The monoisotopic (exact) mass is 525 g/mol. The number of aliphatic carboxylic acids is 1. The van der Waals surface area contributed by atoms with E-state index in [-0.39, 0.29) is 22.9 Å². The lowest BCUT2D eigenvalue weighted by atomic mass is 10.0. The molecule has 0 aliphatic carbocycles. The lowest BCUT2D eigenvalue weighted by Crippen LogP contribution is -2.71. The third kappa shape index (κ3) is 4.27. The number of thiophene rings is 1. The van der Waals surface area contributed by atoms with Gasteiger partial charge in [-0.3, -0.25) is 14.5 Å². The standard InChI is InChI=1S/C23H20N6O5S2/c1-34-27-17(14-3-2-4-16(24)25-14)20(30)26-18-21(31)29-19(23(32)33)13(11-36-22(18)29)9-28-7-5-12-6-8-35-15(12)10-28/h2-8,10,18,22H,9,11H2,1H3,(H3-,24,25,26,30,32,33)/p+1/t18?,22-/m0/s1. The van der Waals surface area contributed by atoms with Crippen molar-refractivity contribution < 1.29 is 28.9 Å². The first kappa shape index (κ1) is 23.8. The van der Waals surface area contributed by atoms with Gasteiger partial charge in [-0.15, -0.1) is 23.1 Å². The maximum atomic E-state index is 13.0. The van der Waals surface area contributed by atoms with E-state index in [1.54, 1.807) is 29.5 Å². The molecule has 1 saturated heterocycles. The van der Waals surface area contributed by atoms with Crippen molar-refractivity contribution in [3.8, 4) is 0 Å². The van der Waals surface area contributed by atoms with Crippen molar-refractivity contribution in [2.24, 2.45) is 5.16 Å². The normalized spacial score (nSPS) is 19.6. The average molecular weight is 526 g/mol. The van der Waals surface area contributed by atoms with Gasteiger partial charge in [0.1, 0.15) is 35.7 Å². The highest BCUT2D eigenvalue weighted by molar-refractivity contribution is 8.00. The van der Waals surface area contributed by atoms with Gasteiger partial charge >= 0.3 is 5.97 Å². The molecule has 2 amide bonds. The topological polar surface area (TPSA) is 151 Å². The fourth-order valence-corrected chi connectivity index (χ4v) is 6.32. The fourth-order valence-electron chi connectivity index (χ4n) is 4.16. The third-order valence-corrected chi connectivity index (χ3v) is 7.98. The summed E-state index contributed by atoms with van der Waals surface area (Å²) in [4.78, 5) is 48.3. The van der Waals surface area contributed by atoms with E-state index in [4.69, 9.17) is 10.6 Å². The summed E-state index contributed by atoms with van der Waals surface area (Å²) in [6.45, 7) is 0.335. The zero-order valence-corrected chi connectivity index (χ0v) is 20.6. The van der Waals surface area contributed by atoms with Gasteiger partial charge < -0.3 is 21.0 Å². The molecule has 0 spiro atoms. The van der Waals surface area contributed by atoms with Crippen LogP contribution in [0.4, 0.5) is 5.82 Å². The van der Waals surface area contributed by atoms with Gasteiger partial charge in [-0.1, -0.05) is 11.2 Å². The van der Waals surface area contributed by atoms with Gasteiger partial charge in [0, 0.05) is 22.8 Å². The second-order valence-electron chi connectivity index (χ2n) is 8.05. The number of anilines is 1. The minimum absolute atomic E-state index is 0.0451. The Morgan fingerprint density at radius 2 is 2.19 bits per heavy atom. The number of amides is 2. The number of carboxylic acids is 1. The molecule has 2 atom stereocenters. The molecule has 36 heavy (non-hydrogen) atoms. The molecule has 1 unspecified atom stereocenters. The summed E-state index contributed by atoms with van der Waals surface area (Å²) < 4.78 is 3.00. The van der Waals surface area contributed by atoms with Crippen molar-refractivity contribution in [2.75, 3.05) is 18.6 Å². The van der Waals surface area contributed by atoms with Crippen LogP contribution < -0.4 is 15.6 Å². The number of thioether (sulfide) groups is 1. The number of pyridine rings is 2. The summed E-state index contributed by atoms with van der Waals surface area (Å²) in [5.41, 5.74) is 6.32. The largest absolute Gasteiger partial charge is 0.477 e. The minimum atomic E-state index is -1.18. The number of hydrogen-bond acceptors (Lipinski definition) is 9. The van der Waals surface area contributed by atoms with Crippen molar-refractivity contribution in [1.29, 1.82) is 0 Å². The van der Waals surface area contributed by atoms with Crippen molar-refractivity contribution in [3.05, 3.63) is 65.1 Å². The first-order valence-electron chi connectivity index (χ1n) is 10.8. The van der Waals surface area contributed by atoms with Crippen LogP contribution in [0, 0.1) is 0 Å². The van der Waals surface area contributed by atoms with E-state index in [2.05, 4.69) is 15.5 Å². The smallest absolute Gasteiger partial charge is 0.352 e. The number of oxime groups is 1. The molecule has 2 aliphatic heterocycles. The van der Waals surface area contributed by atoms with E-state index >= 15 is 0 Å². The van der Waals surface area contributed by atoms with Crippen LogP contribution in [-0.4, -0.2) is 62.8 Å². The highest BCUT2D eigenvalue weighted by atomic mass is 32.2. The maximum absolute atomic E-state index is 13.0. The zero-order chi connectivity index (χ0) is 25.4. The number of carbonyl (C=O) groups is 3. The second kappa shape index (κ2) is 9.59. The van der Waals surface area contributed by atoms with Crippen LogP contribution in [0.25, 0.3) is 10.1 Å². The molecule has 0 aromatic carbocycles. The van der Waals surface area contributed by atoms with E-state index in [1.807, 2.05) is 34.5 Å². The predicted octanol–water partition coefficient (Wildman–Crippen LogP) is 0.955. The molecule has 1 fully saturated rings. The lowest BCUT2D eigenvalue weighted by Gasteiger charge is -2.49. The van der Waals surface area contributed by atoms with Gasteiger partial charge in [0.05, 0.1) is 4.70 Å². The molecular weight excluding hydrogens is 504 g/mol. The highest BCUT2D eigenvalue weighted by Gasteiger charge is 2.54. The summed E-state index contributed by atoms with van der Waals surface area (Å²) in [5.74, 6) is -1.78. The quantitative estimate of drug-likeness (QED) is 0.179. The molecule has 0 saturated carbocycles. The van der Waals surface area contributed by atoms with Crippen LogP contribution >= 0.6 is 23.1 Å². The molecule has 0 bridgehead atoms. The summed E-state index contributed by atoms with van der Waals surface area (Å²) in [6, 6.07) is 7.79. The number of nitrogens with zero attached hydrogens (tertiary/aromatic N) is 4. The molecular formula is C23H21N6O5S2+. The Labute approximate surface area is 213 Å². The summed E-state index contributed by atoms with van der Waals surface area (Å²) in [6.07, 6.45) is 3.85. The van der Waals surface area contributed by atoms with Crippen molar-refractivity contribution >= 4 is 62.5 Å². The molecule has 3 aromatic heterocycles.